The molecule has 0 unspecified atom stereocenters. The van der Waals surface area contributed by atoms with Crippen molar-refractivity contribution in [2.75, 3.05) is 12.4 Å². The van der Waals surface area contributed by atoms with Crippen molar-refractivity contribution >= 4 is 17.4 Å². The van der Waals surface area contributed by atoms with Crippen LogP contribution >= 0.6 is 0 Å². The Kier molecular flexibility index (Phi) is 5.43. The van der Waals surface area contributed by atoms with Crippen molar-refractivity contribution in [3.63, 3.8) is 0 Å². The molecule has 0 atom stereocenters. The number of benzene rings is 2. The minimum Gasteiger partial charge on any atom is -0.497 e. The standard InChI is InChI=1S/C20H20N4O2/c1-14-4-3-5-15(10-14)12-21-20(25)18-11-19(23-13-22-18)24-16-6-8-17(26-2)9-7-16/h3-11,13H,12H2,1-2H3,(H,21,25)(H,22,23,24). The second kappa shape index (κ2) is 8.11. The van der Waals surface area contributed by atoms with E-state index in [0.29, 0.717) is 18.1 Å². The number of hydrogen-bond acceptors (Lipinski definition) is 5. The number of hydrogen-bond donors (Lipinski definition) is 2. The van der Waals surface area contributed by atoms with Crippen LogP contribution in [0.25, 0.3) is 0 Å². The highest BCUT2D eigenvalue weighted by Crippen LogP contribution is 2.18. The first kappa shape index (κ1) is 17.4. The third-order valence-corrected chi connectivity index (χ3v) is 3.80. The Morgan fingerprint density at radius 3 is 2.62 bits per heavy atom. The van der Waals surface area contributed by atoms with Gasteiger partial charge in [-0.1, -0.05) is 29.8 Å². The number of amides is 1. The zero-order chi connectivity index (χ0) is 18.4. The van der Waals surface area contributed by atoms with E-state index in [0.717, 1.165) is 22.6 Å². The zero-order valence-corrected chi connectivity index (χ0v) is 14.7. The predicted octanol–water partition coefficient (Wildman–Crippen LogP) is 3.47. The molecule has 0 aliphatic rings. The van der Waals surface area contributed by atoms with Gasteiger partial charge in [0.15, 0.2) is 0 Å². The number of nitrogens with zero attached hydrogens (tertiary/aromatic N) is 2. The molecule has 1 aromatic heterocycles. The molecule has 0 spiro atoms. The van der Waals surface area contributed by atoms with Gasteiger partial charge in [-0.2, -0.15) is 0 Å². The molecule has 26 heavy (non-hydrogen) atoms. The van der Waals surface area contributed by atoms with E-state index in [-0.39, 0.29) is 5.91 Å². The summed E-state index contributed by atoms with van der Waals surface area (Å²) in [5.41, 5.74) is 3.35. The Balaban J connectivity index is 1.64. The summed E-state index contributed by atoms with van der Waals surface area (Å²) >= 11 is 0. The molecule has 0 radical (unpaired) electrons. The first-order valence-electron chi connectivity index (χ1n) is 8.21. The molecule has 6 heteroatoms. The maximum Gasteiger partial charge on any atom is 0.270 e. The van der Waals surface area contributed by atoms with Crippen LogP contribution in [-0.2, 0) is 6.54 Å². The van der Waals surface area contributed by atoms with Crippen molar-refractivity contribution in [1.82, 2.24) is 15.3 Å². The normalized spacial score (nSPS) is 10.2. The molecule has 132 valence electrons. The average molecular weight is 348 g/mol. The van der Waals surface area contributed by atoms with Gasteiger partial charge in [0.05, 0.1) is 7.11 Å². The number of anilines is 2. The molecular weight excluding hydrogens is 328 g/mol. The highest BCUT2D eigenvalue weighted by Gasteiger charge is 2.09. The number of carbonyl (C=O) groups is 1. The van der Waals surface area contributed by atoms with Gasteiger partial charge >= 0.3 is 0 Å². The molecule has 3 aromatic rings. The number of methoxy groups -OCH3 is 1. The molecule has 1 amide bonds. The van der Waals surface area contributed by atoms with Crippen molar-refractivity contribution in [3.05, 3.63) is 77.7 Å². The van der Waals surface area contributed by atoms with E-state index in [1.165, 1.54) is 6.33 Å². The monoisotopic (exact) mass is 348 g/mol. The Morgan fingerprint density at radius 2 is 1.88 bits per heavy atom. The Morgan fingerprint density at radius 1 is 1.08 bits per heavy atom. The van der Waals surface area contributed by atoms with Crippen LogP contribution < -0.4 is 15.4 Å². The van der Waals surface area contributed by atoms with E-state index in [4.69, 9.17) is 4.74 Å². The first-order valence-corrected chi connectivity index (χ1v) is 8.21. The molecule has 1 heterocycles. The SMILES string of the molecule is COc1ccc(Nc2cc(C(=O)NCc3cccc(C)c3)ncn2)cc1. The van der Waals surface area contributed by atoms with Crippen molar-refractivity contribution in [1.29, 1.82) is 0 Å². The summed E-state index contributed by atoms with van der Waals surface area (Å²) in [5, 5.41) is 6.02. The highest BCUT2D eigenvalue weighted by molar-refractivity contribution is 5.92. The summed E-state index contributed by atoms with van der Waals surface area (Å²) in [6.45, 7) is 2.47. The summed E-state index contributed by atoms with van der Waals surface area (Å²) in [6, 6.07) is 17.1. The van der Waals surface area contributed by atoms with Gasteiger partial charge in [0.25, 0.3) is 5.91 Å². The van der Waals surface area contributed by atoms with Gasteiger partial charge in [-0.05, 0) is 36.8 Å². The minimum atomic E-state index is -0.244. The van der Waals surface area contributed by atoms with Crippen LogP contribution in [0.15, 0.2) is 60.9 Å². The molecule has 0 aliphatic heterocycles. The lowest BCUT2D eigenvalue weighted by Gasteiger charge is -2.08. The molecule has 0 fully saturated rings. The number of aryl methyl sites for hydroxylation is 1. The van der Waals surface area contributed by atoms with Gasteiger partial charge in [-0.3, -0.25) is 4.79 Å². The first-order chi connectivity index (χ1) is 12.6. The minimum absolute atomic E-state index is 0.244. The summed E-state index contributed by atoms with van der Waals surface area (Å²) in [4.78, 5) is 20.6. The van der Waals surface area contributed by atoms with E-state index < -0.39 is 0 Å². The Labute approximate surface area is 152 Å². The van der Waals surface area contributed by atoms with Crippen molar-refractivity contribution in [2.45, 2.75) is 13.5 Å². The van der Waals surface area contributed by atoms with Crippen LogP contribution in [0.3, 0.4) is 0 Å². The maximum absolute atomic E-state index is 12.3. The van der Waals surface area contributed by atoms with Gasteiger partial charge in [-0.15, -0.1) is 0 Å². The van der Waals surface area contributed by atoms with E-state index in [1.807, 2.05) is 55.5 Å². The van der Waals surface area contributed by atoms with Crippen LogP contribution in [0.4, 0.5) is 11.5 Å². The summed E-state index contributed by atoms with van der Waals surface area (Å²) in [6.07, 6.45) is 1.37. The molecule has 0 saturated heterocycles. The van der Waals surface area contributed by atoms with Crippen LogP contribution in [0.5, 0.6) is 5.75 Å². The third-order valence-electron chi connectivity index (χ3n) is 3.80. The number of ether oxygens (including phenoxy) is 1. The van der Waals surface area contributed by atoms with Crippen molar-refractivity contribution in [3.8, 4) is 5.75 Å². The van der Waals surface area contributed by atoms with Crippen molar-refractivity contribution in [2.24, 2.45) is 0 Å². The lowest BCUT2D eigenvalue weighted by molar-refractivity contribution is 0.0946. The highest BCUT2D eigenvalue weighted by atomic mass is 16.5. The Bertz CT molecular complexity index is 894. The molecule has 0 saturated carbocycles. The van der Waals surface area contributed by atoms with Gasteiger partial charge in [0.1, 0.15) is 23.6 Å². The van der Waals surface area contributed by atoms with Gasteiger partial charge in [0.2, 0.25) is 0 Å². The smallest absolute Gasteiger partial charge is 0.270 e. The second-order valence-electron chi connectivity index (χ2n) is 5.81. The molecule has 0 aliphatic carbocycles. The largest absolute Gasteiger partial charge is 0.497 e. The predicted molar refractivity (Wildman–Crippen MR) is 101 cm³/mol. The molecule has 0 bridgehead atoms. The summed E-state index contributed by atoms with van der Waals surface area (Å²) in [7, 11) is 1.62. The van der Waals surface area contributed by atoms with Crippen LogP contribution in [0.2, 0.25) is 0 Å². The summed E-state index contributed by atoms with van der Waals surface area (Å²) < 4.78 is 5.13. The fourth-order valence-electron chi connectivity index (χ4n) is 2.47. The number of aromatic nitrogens is 2. The maximum atomic E-state index is 12.3. The van der Waals surface area contributed by atoms with Crippen LogP contribution in [0.1, 0.15) is 21.6 Å². The fraction of sp³-hybridized carbons (Fsp3) is 0.150. The summed E-state index contributed by atoms with van der Waals surface area (Å²) in [5.74, 6) is 1.08. The van der Waals surface area contributed by atoms with Crippen molar-refractivity contribution < 1.29 is 9.53 Å². The van der Waals surface area contributed by atoms with E-state index in [1.54, 1.807) is 13.2 Å². The topological polar surface area (TPSA) is 76.1 Å². The molecule has 2 N–H and O–H groups in total. The molecular formula is C20H20N4O2. The van der Waals surface area contributed by atoms with Crippen LogP contribution in [0, 0.1) is 6.92 Å². The van der Waals surface area contributed by atoms with E-state index in [9.17, 15) is 4.79 Å². The Hall–Kier alpha value is -3.41. The third kappa shape index (κ3) is 4.57. The lowest BCUT2D eigenvalue weighted by Crippen LogP contribution is -2.24. The molecule has 2 aromatic carbocycles. The van der Waals surface area contributed by atoms with E-state index >= 15 is 0 Å². The lowest BCUT2D eigenvalue weighted by atomic mass is 10.1. The molecule has 3 rings (SSSR count). The fourth-order valence-corrected chi connectivity index (χ4v) is 2.47. The quantitative estimate of drug-likeness (QED) is 0.713. The second-order valence-corrected chi connectivity index (χ2v) is 5.81. The van der Waals surface area contributed by atoms with Gasteiger partial charge in [0, 0.05) is 18.3 Å². The van der Waals surface area contributed by atoms with E-state index in [2.05, 4.69) is 20.6 Å². The van der Waals surface area contributed by atoms with Gasteiger partial charge in [-0.25, -0.2) is 9.97 Å². The molecule has 6 nitrogen and oxygen atoms in total. The number of carbonyl (C=O) groups excluding carboxylic acids is 1. The average Bonchev–Trinajstić information content (AvgIpc) is 2.67. The number of rotatable bonds is 6. The van der Waals surface area contributed by atoms with Crippen LogP contribution in [-0.4, -0.2) is 23.0 Å². The van der Waals surface area contributed by atoms with Gasteiger partial charge < -0.3 is 15.4 Å². The number of nitrogens with one attached hydrogen (secondary N) is 2. The zero-order valence-electron chi connectivity index (χ0n) is 14.7.